The predicted octanol–water partition coefficient (Wildman–Crippen LogP) is 3.67. The van der Waals surface area contributed by atoms with Crippen LogP contribution in [0.1, 0.15) is 31.9 Å². The van der Waals surface area contributed by atoms with E-state index in [1.807, 2.05) is 6.07 Å². The van der Waals surface area contributed by atoms with Gasteiger partial charge in [-0.25, -0.2) is 9.18 Å². The number of hydrogen-bond donors (Lipinski definition) is 1. The van der Waals surface area contributed by atoms with E-state index < -0.39 is 11.7 Å². The van der Waals surface area contributed by atoms with E-state index >= 15 is 0 Å². The molecular weight excluding hydrogens is 245 g/mol. The minimum absolute atomic E-state index is 0.234. The standard InChI is InChI=1S/C15H20FNO2/c1-11-7-8-12(10-13(11)16)6-5-9-17-14(18)19-15(2,3)4/h5-8,10H,9H2,1-4H3,(H,17,18). The monoisotopic (exact) mass is 265 g/mol. The van der Waals surface area contributed by atoms with E-state index in [-0.39, 0.29) is 5.82 Å². The van der Waals surface area contributed by atoms with E-state index in [4.69, 9.17) is 4.74 Å². The molecule has 0 aliphatic rings. The van der Waals surface area contributed by atoms with Crippen molar-refractivity contribution in [2.75, 3.05) is 6.54 Å². The average molecular weight is 265 g/mol. The van der Waals surface area contributed by atoms with Gasteiger partial charge in [-0.2, -0.15) is 0 Å². The van der Waals surface area contributed by atoms with Crippen LogP contribution in [0.3, 0.4) is 0 Å². The van der Waals surface area contributed by atoms with E-state index in [1.54, 1.807) is 45.9 Å². The summed E-state index contributed by atoms with van der Waals surface area (Å²) >= 11 is 0. The van der Waals surface area contributed by atoms with Gasteiger partial charge in [-0.1, -0.05) is 24.3 Å². The summed E-state index contributed by atoms with van der Waals surface area (Å²) in [6.07, 6.45) is 3.03. The Balaban J connectivity index is 2.42. The molecule has 1 aromatic carbocycles. The van der Waals surface area contributed by atoms with E-state index in [9.17, 15) is 9.18 Å². The van der Waals surface area contributed by atoms with Crippen molar-refractivity contribution < 1.29 is 13.9 Å². The van der Waals surface area contributed by atoms with Crippen LogP contribution in [0.4, 0.5) is 9.18 Å². The van der Waals surface area contributed by atoms with Crippen LogP contribution < -0.4 is 5.32 Å². The number of nitrogens with one attached hydrogen (secondary N) is 1. The van der Waals surface area contributed by atoms with Crippen LogP contribution in [-0.4, -0.2) is 18.2 Å². The fraction of sp³-hybridized carbons (Fsp3) is 0.400. The Morgan fingerprint density at radius 2 is 2.11 bits per heavy atom. The third kappa shape index (κ3) is 6.04. The van der Waals surface area contributed by atoms with Crippen LogP contribution in [0, 0.1) is 12.7 Å². The molecule has 0 fully saturated rings. The van der Waals surface area contributed by atoms with Crippen molar-refractivity contribution in [2.24, 2.45) is 0 Å². The molecule has 0 radical (unpaired) electrons. The first kappa shape index (κ1) is 15.2. The lowest BCUT2D eigenvalue weighted by atomic mass is 10.1. The van der Waals surface area contributed by atoms with Crippen LogP contribution in [0.2, 0.25) is 0 Å². The molecule has 1 amide bonds. The van der Waals surface area contributed by atoms with Crippen molar-refractivity contribution in [3.05, 3.63) is 41.2 Å². The first-order valence-electron chi connectivity index (χ1n) is 6.17. The molecule has 0 saturated heterocycles. The second kappa shape index (κ2) is 6.36. The largest absolute Gasteiger partial charge is 0.444 e. The molecule has 0 spiro atoms. The summed E-state index contributed by atoms with van der Waals surface area (Å²) in [6, 6.07) is 5.00. The molecule has 0 saturated carbocycles. The lowest BCUT2D eigenvalue weighted by Crippen LogP contribution is -2.32. The fourth-order valence-electron chi connectivity index (χ4n) is 1.36. The molecule has 1 N–H and O–H groups in total. The molecule has 0 unspecified atom stereocenters. The zero-order chi connectivity index (χ0) is 14.5. The van der Waals surface area contributed by atoms with Crippen molar-refractivity contribution in [1.29, 1.82) is 0 Å². The Morgan fingerprint density at radius 3 is 2.68 bits per heavy atom. The van der Waals surface area contributed by atoms with Crippen molar-refractivity contribution in [1.82, 2.24) is 5.32 Å². The van der Waals surface area contributed by atoms with Crippen molar-refractivity contribution >= 4 is 12.2 Å². The molecule has 3 nitrogen and oxygen atoms in total. The lowest BCUT2D eigenvalue weighted by molar-refractivity contribution is 0.0534. The van der Waals surface area contributed by atoms with Gasteiger partial charge in [0.15, 0.2) is 0 Å². The molecule has 0 atom stereocenters. The molecule has 0 heterocycles. The summed E-state index contributed by atoms with van der Waals surface area (Å²) in [7, 11) is 0. The summed E-state index contributed by atoms with van der Waals surface area (Å²) < 4.78 is 18.4. The zero-order valence-electron chi connectivity index (χ0n) is 11.8. The van der Waals surface area contributed by atoms with E-state index in [2.05, 4.69) is 5.32 Å². The average Bonchev–Trinajstić information content (AvgIpc) is 2.27. The van der Waals surface area contributed by atoms with Gasteiger partial charge in [0.1, 0.15) is 11.4 Å². The van der Waals surface area contributed by atoms with Crippen LogP contribution in [0.15, 0.2) is 24.3 Å². The van der Waals surface area contributed by atoms with Crippen LogP contribution in [-0.2, 0) is 4.74 Å². The summed E-state index contributed by atoms with van der Waals surface area (Å²) in [5.74, 6) is -0.234. The fourth-order valence-corrected chi connectivity index (χ4v) is 1.36. The Kier molecular flexibility index (Phi) is 5.10. The molecule has 0 aromatic heterocycles. The predicted molar refractivity (Wildman–Crippen MR) is 74.4 cm³/mol. The Bertz CT molecular complexity index is 476. The number of carbonyl (C=O) groups excluding carboxylic acids is 1. The number of ether oxygens (including phenoxy) is 1. The van der Waals surface area contributed by atoms with Gasteiger partial charge in [-0.3, -0.25) is 0 Å². The SMILES string of the molecule is Cc1ccc(C=CCNC(=O)OC(C)(C)C)cc1F. The molecule has 1 aromatic rings. The summed E-state index contributed by atoms with van der Waals surface area (Å²) in [5.41, 5.74) is 0.867. The highest BCUT2D eigenvalue weighted by Crippen LogP contribution is 2.10. The van der Waals surface area contributed by atoms with Gasteiger partial charge >= 0.3 is 6.09 Å². The smallest absolute Gasteiger partial charge is 0.407 e. The van der Waals surface area contributed by atoms with Gasteiger partial charge in [-0.15, -0.1) is 0 Å². The number of rotatable bonds is 3. The highest BCUT2D eigenvalue weighted by Gasteiger charge is 2.14. The number of hydrogen-bond acceptors (Lipinski definition) is 2. The third-order valence-electron chi connectivity index (χ3n) is 2.27. The van der Waals surface area contributed by atoms with Gasteiger partial charge in [0.05, 0.1) is 0 Å². The molecule has 19 heavy (non-hydrogen) atoms. The van der Waals surface area contributed by atoms with Crippen LogP contribution >= 0.6 is 0 Å². The van der Waals surface area contributed by atoms with Crippen molar-refractivity contribution in [3.8, 4) is 0 Å². The molecule has 0 aliphatic carbocycles. The minimum atomic E-state index is -0.506. The molecular formula is C15H20FNO2. The van der Waals surface area contributed by atoms with Gasteiger partial charge in [0.2, 0.25) is 0 Å². The molecule has 4 heteroatoms. The van der Waals surface area contributed by atoms with Crippen molar-refractivity contribution in [3.63, 3.8) is 0 Å². The molecule has 0 aliphatic heterocycles. The summed E-state index contributed by atoms with van der Waals surface area (Å²) in [6.45, 7) is 7.46. The number of benzene rings is 1. The van der Waals surface area contributed by atoms with E-state index in [0.717, 1.165) is 5.56 Å². The van der Waals surface area contributed by atoms with Gasteiger partial charge in [0.25, 0.3) is 0 Å². The van der Waals surface area contributed by atoms with E-state index in [0.29, 0.717) is 12.1 Å². The minimum Gasteiger partial charge on any atom is -0.444 e. The first-order valence-corrected chi connectivity index (χ1v) is 6.17. The number of halogens is 1. The molecule has 0 bridgehead atoms. The summed E-state index contributed by atoms with van der Waals surface area (Å²) in [4.78, 5) is 11.3. The van der Waals surface area contributed by atoms with Gasteiger partial charge in [0, 0.05) is 6.54 Å². The molecule has 104 valence electrons. The second-order valence-corrected chi connectivity index (χ2v) is 5.29. The number of carbonyl (C=O) groups is 1. The van der Waals surface area contributed by atoms with Gasteiger partial charge in [-0.05, 0) is 44.9 Å². The zero-order valence-corrected chi connectivity index (χ0v) is 11.8. The summed E-state index contributed by atoms with van der Waals surface area (Å²) in [5, 5.41) is 2.59. The van der Waals surface area contributed by atoms with E-state index in [1.165, 1.54) is 6.07 Å². The maximum absolute atomic E-state index is 13.3. The van der Waals surface area contributed by atoms with Crippen LogP contribution in [0.5, 0.6) is 0 Å². The highest BCUT2D eigenvalue weighted by atomic mass is 19.1. The normalized spacial score (nSPS) is 11.6. The lowest BCUT2D eigenvalue weighted by Gasteiger charge is -2.19. The Labute approximate surface area is 113 Å². The molecule has 1 rings (SSSR count). The van der Waals surface area contributed by atoms with Crippen LogP contribution in [0.25, 0.3) is 6.08 Å². The number of aryl methyl sites for hydroxylation is 1. The Morgan fingerprint density at radius 1 is 1.42 bits per heavy atom. The van der Waals surface area contributed by atoms with Crippen molar-refractivity contribution in [2.45, 2.75) is 33.3 Å². The maximum atomic E-state index is 13.3. The number of alkyl carbamates (subject to hydrolysis) is 1. The first-order chi connectivity index (χ1) is 8.78. The topological polar surface area (TPSA) is 38.3 Å². The highest BCUT2D eigenvalue weighted by molar-refractivity contribution is 5.68. The number of amides is 1. The third-order valence-corrected chi connectivity index (χ3v) is 2.27. The van der Waals surface area contributed by atoms with Gasteiger partial charge < -0.3 is 10.1 Å². The quantitative estimate of drug-likeness (QED) is 0.905. The maximum Gasteiger partial charge on any atom is 0.407 e. The Hall–Kier alpha value is -1.84. The second-order valence-electron chi connectivity index (χ2n) is 5.29.